The van der Waals surface area contributed by atoms with Gasteiger partial charge in [0.1, 0.15) is 5.75 Å². The highest BCUT2D eigenvalue weighted by molar-refractivity contribution is 6.32. The molecule has 1 aliphatic rings. The van der Waals surface area contributed by atoms with E-state index < -0.39 is 0 Å². The van der Waals surface area contributed by atoms with Crippen molar-refractivity contribution in [2.24, 2.45) is 0 Å². The number of rotatable bonds is 1. The highest BCUT2D eigenvalue weighted by atomic mass is 35.5. The molecule has 1 heterocycles. The smallest absolute Gasteiger partial charge is 0.141 e. The number of ether oxygens (including phenoxy) is 1. The van der Waals surface area contributed by atoms with E-state index in [0.29, 0.717) is 5.92 Å². The van der Waals surface area contributed by atoms with Gasteiger partial charge in [-0.3, -0.25) is 0 Å². The Morgan fingerprint density at radius 2 is 2.38 bits per heavy atom. The fraction of sp³-hybridized carbons (Fsp3) is 0.455. The highest BCUT2D eigenvalue weighted by Crippen LogP contribution is 2.39. The second-order valence-electron chi connectivity index (χ2n) is 3.40. The predicted molar refractivity (Wildman–Crippen MR) is 54.6 cm³/mol. The zero-order valence-electron chi connectivity index (χ0n) is 7.72. The van der Waals surface area contributed by atoms with Crippen LogP contribution in [0.4, 0.5) is 0 Å². The lowest BCUT2D eigenvalue weighted by molar-refractivity contribution is 0.265. The summed E-state index contributed by atoms with van der Waals surface area (Å²) in [6.07, 6.45) is 2.28. The van der Waals surface area contributed by atoms with Gasteiger partial charge in [0.2, 0.25) is 0 Å². The summed E-state index contributed by atoms with van der Waals surface area (Å²) in [4.78, 5) is 0. The minimum Gasteiger partial charge on any atom is -0.492 e. The van der Waals surface area contributed by atoms with E-state index in [2.05, 4.69) is 13.0 Å². The van der Waals surface area contributed by atoms with Crippen LogP contribution >= 0.6 is 11.6 Å². The second kappa shape index (κ2) is 3.59. The molecular formula is C11H13ClO. The van der Waals surface area contributed by atoms with Crippen LogP contribution in [0, 0.1) is 0 Å². The summed E-state index contributed by atoms with van der Waals surface area (Å²) in [7, 11) is 0. The summed E-state index contributed by atoms with van der Waals surface area (Å²) < 4.78 is 5.55. The van der Waals surface area contributed by atoms with Gasteiger partial charge in [0.05, 0.1) is 11.6 Å². The van der Waals surface area contributed by atoms with E-state index in [9.17, 15) is 0 Å². The van der Waals surface area contributed by atoms with Gasteiger partial charge in [-0.05, 0) is 30.4 Å². The zero-order chi connectivity index (χ0) is 9.26. The van der Waals surface area contributed by atoms with Gasteiger partial charge in [0.25, 0.3) is 0 Å². The maximum Gasteiger partial charge on any atom is 0.141 e. The van der Waals surface area contributed by atoms with E-state index in [-0.39, 0.29) is 0 Å². The number of benzene rings is 1. The summed E-state index contributed by atoms with van der Waals surface area (Å²) in [5, 5.41) is 0.746. The van der Waals surface area contributed by atoms with Crippen LogP contribution in [0.25, 0.3) is 0 Å². The Morgan fingerprint density at radius 3 is 3.15 bits per heavy atom. The molecule has 1 aromatic rings. The fourth-order valence-corrected chi connectivity index (χ4v) is 2.12. The lowest BCUT2D eigenvalue weighted by Crippen LogP contribution is -2.13. The van der Waals surface area contributed by atoms with Crippen LogP contribution in [0.2, 0.25) is 5.02 Å². The molecule has 1 nitrogen and oxygen atoms in total. The molecule has 0 N–H and O–H groups in total. The van der Waals surface area contributed by atoms with Crippen molar-refractivity contribution >= 4 is 11.6 Å². The Morgan fingerprint density at radius 1 is 1.54 bits per heavy atom. The van der Waals surface area contributed by atoms with E-state index in [1.807, 2.05) is 12.1 Å². The van der Waals surface area contributed by atoms with Crippen LogP contribution in [0.15, 0.2) is 18.2 Å². The molecule has 1 atom stereocenters. The van der Waals surface area contributed by atoms with Crippen molar-refractivity contribution in [2.75, 3.05) is 6.61 Å². The van der Waals surface area contributed by atoms with Gasteiger partial charge in [-0.15, -0.1) is 0 Å². The molecule has 0 aliphatic carbocycles. The van der Waals surface area contributed by atoms with Crippen LogP contribution in [-0.4, -0.2) is 6.61 Å². The fourth-order valence-electron chi connectivity index (χ4n) is 1.88. The first kappa shape index (κ1) is 8.89. The van der Waals surface area contributed by atoms with Gasteiger partial charge in [0, 0.05) is 0 Å². The first-order chi connectivity index (χ1) is 6.33. The monoisotopic (exact) mass is 196 g/mol. The number of hydrogen-bond acceptors (Lipinski definition) is 1. The Bertz CT molecular complexity index is 309. The Hall–Kier alpha value is -0.690. The average Bonchev–Trinajstić information content (AvgIpc) is 2.18. The standard InChI is InChI=1S/C11H13ClO/c1-2-8-6-7-13-11-9(8)4-3-5-10(11)12/h3-5,8H,2,6-7H2,1H3. The zero-order valence-corrected chi connectivity index (χ0v) is 8.47. The molecule has 0 bridgehead atoms. The number of para-hydroxylation sites is 1. The largest absolute Gasteiger partial charge is 0.492 e. The van der Waals surface area contributed by atoms with Crippen LogP contribution in [0.3, 0.4) is 0 Å². The minimum absolute atomic E-state index is 0.627. The molecule has 0 saturated heterocycles. The summed E-state index contributed by atoms with van der Waals surface area (Å²) in [5.41, 5.74) is 1.28. The highest BCUT2D eigenvalue weighted by Gasteiger charge is 2.21. The average molecular weight is 197 g/mol. The lowest BCUT2D eigenvalue weighted by atomic mass is 9.91. The topological polar surface area (TPSA) is 9.23 Å². The maximum absolute atomic E-state index is 6.04. The van der Waals surface area contributed by atoms with Crippen molar-refractivity contribution in [2.45, 2.75) is 25.7 Å². The summed E-state index contributed by atoms with van der Waals surface area (Å²) in [5.74, 6) is 1.53. The molecule has 1 aromatic carbocycles. The Balaban J connectivity index is 2.45. The van der Waals surface area contributed by atoms with Gasteiger partial charge in [-0.1, -0.05) is 30.7 Å². The molecule has 1 aliphatic heterocycles. The predicted octanol–water partition coefficient (Wildman–Crippen LogP) is 3.62. The molecule has 0 spiro atoms. The van der Waals surface area contributed by atoms with E-state index in [0.717, 1.165) is 30.2 Å². The van der Waals surface area contributed by atoms with Gasteiger partial charge < -0.3 is 4.74 Å². The van der Waals surface area contributed by atoms with Crippen LogP contribution in [0.5, 0.6) is 5.75 Å². The summed E-state index contributed by atoms with van der Waals surface area (Å²) in [6, 6.07) is 6.01. The number of hydrogen-bond donors (Lipinski definition) is 0. The second-order valence-corrected chi connectivity index (χ2v) is 3.81. The summed E-state index contributed by atoms with van der Waals surface area (Å²) in [6.45, 7) is 3.01. The third-order valence-corrected chi connectivity index (χ3v) is 2.94. The third kappa shape index (κ3) is 1.53. The van der Waals surface area contributed by atoms with Gasteiger partial charge >= 0.3 is 0 Å². The molecule has 13 heavy (non-hydrogen) atoms. The Kier molecular flexibility index (Phi) is 2.45. The molecule has 0 amide bonds. The normalized spacial score (nSPS) is 20.6. The van der Waals surface area contributed by atoms with Crippen molar-refractivity contribution < 1.29 is 4.74 Å². The SMILES string of the molecule is CCC1CCOc2c(Cl)cccc21. The van der Waals surface area contributed by atoms with Gasteiger partial charge in [-0.25, -0.2) is 0 Å². The van der Waals surface area contributed by atoms with Crippen molar-refractivity contribution in [1.29, 1.82) is 0 Å². The quantitative estimate of drug-likeness (QED) is 0.667. The van der Waals surface area contributed by atoms with E-state index in [4.69, 9.17) is 16.3 Å². The van der Waals surface area contributed by atoms with Crippen molar-refractivity contribution in [3.8, 4) is 5.75 Å². The third-order valence-electron chi connectivity index (χ3n) is 2.64. The first-order valence-corrected chi connectivity index (χ1v) is 5.12. The van der Waals surface area contributed by atoms with Crippen LogP contribution in [-0.2, 0) is 0 Å². The van der Waals surface area contributed by atoms with Crippen LogP contribution < -0.4 is 4.74 Å². The van der Waals surface area contributed by atoms with Crippen molar-refractivity contribution in [1.82, 2.24) is 0 Å². The molecule has 0 aromatic heterocycles. The molecule has 2 heteroatoms. The molecule has 70 valence electrons. The van der Waals surface area contributed by atoms with E-state index in [1.165, 1.54) is 5.56 Å². The molecule has 0 saturated carbocycles. The molecule has 1 unspecified atom stereocenters. The molecule has 0 radical (unpaired) electrons. The molecule has 0 fully saturated rings. The van der Waals surface area contributed by atoms with Crippen molar-refractivity contribution in [3.63, 3.8) is 0 Å². The van der Waals surface area contributed by atoms with Gasteiger partial charge in [0.15, 0.2) is 0 Å². The lowest BCUT2D eigenvalue weighted by Gasteiger charge is -2.25. The molecular weight excluding hydrogens is 184 g/mol. The number of halogens is 1. The Labute approximate surface area is 83.7 Å². The summed E-state index contributed by atoms with van der Waals surface area (Å²) >= 11 is 6.04. The number of fused-ring (bicyclic) bond motifs is 1. The van der Waals surface area contributed by atoms with E-state index >= 15 is 0 Å². The van der Waals surface area contributed by atoms with Gasteiger partial charge in [-0.2, -0.15) is 0 Å². The molecule has 2 rings (SSSR count). The first-order valence-electron chi connectivity index (χ1n) is 4.74. The van der Waals surface area contributed by atoms with Crippen molar-refractivity contribution in [3.05, 3.63) is 28.8 Å². The van der Waals surface area contributed by atoms with E-state index in [1.54, 1.807) is 0 Å². The maximum atomic E-state index is 6.04. The van der Waals surface area contributed by atoms with Crippen LogP contribution in [0.1, 0.15) is 31.2 Å². The minimum atomic E-state index is 0.627.